The van der Waals surface area contributed by atoms with Gasteiger partial charge in [0.15, 0.2) is 0 Å². The lowest BCUT2D eigenvalue weighted by Gasteiger charge is -2.32. The zero-order valence-electron chi connectivity index (χ0n) is 27.6. The van der Waals surface area contributed by atoms with E-state index in [-0.39, 0.29) is 24.4 Å². The lowest BCUT2D eigenvalue weighted by atomic mass is 9.81. The molecular weight excluding hydrogens is 647 g/mol. The Hall–Kier alpha value is -5.56. The molecular formula is C45H33N3O2S. The highest BCUT2D eigenvalue weighted by Crippen LogP contribution is 2.53. The van der Waals surface area contributed by atoms with Crippen molar-refractivity contribution in [3.05, 3.63) is 191 Å². The number of ether oxygens (including phenoxy) is 1. The molecule has 5 nitrogen and oxygen atoms in total. The summed E-state index contributed by atoms with van der Waals surface area (Å²) in [5.74, 6) is 2.26. The Morgan fingerprint density at radius 1 is 0.706 bits per heavy atom. The molecule has 0 saturated carbocycles. The molecule has 0 radical (unpaired) electrons. The van der Waals surface area contributed by atoms with E-state index in [9.17, 15) is 0 Å². The second-order valence-electron chi connectivity index (χ2n) is 13.8. The van der Waals surface area contributed by atoms with E-state index in [4.69, 9.17) is 14.1 Å². The molecule has 0 spiro atoms. The monoisotopic (exact) mass is 679 g/mol. The fourth-order valence-corrected chi connectivity index (χ4v) is 9.99. The first kappa shape index (κ1) is 29.2. The first-order valence-corrected chi connectivity index (χ1v) is 18.5. The van der Waals surface area contributed by atoms with Crippen LogP contribution in [0.15, 0.2) is 177 Å². The number of benzene rings is 5. The van der Waals surface area contributed by atoms with Gasteiger partial charge in [-0.2, -0.15) is 0 Å². The Labute approximate surface area is 300 Å². The van der Waals surface area contributed by atoms with Crippen molar-refractivity contribution in [2.75, 3.05) is 0 Å². The van der Waals surface area contributed by atoms with Gasteiger partial charge in [-0.15, -0.1) is 11.8 Å². The molecule has 5 aliphatic rings. The average Bonchev–Trinajstić information content (AvgIpc) is 3.89. The maximum Gasteiger partial charge on any atom is 0.146 e. The van der Waals surface area contributed by atoms with Crippen LogP contribution in [0.5, 0.6) is 5.75 Å². The molecule has 0 amide bonds. The number of amidine groups is 1. The van der Waals surface area contributed by atoms with Crippen LogP contribution in [-0.2, 0) is 0 Å². The Kier molecular flexibility index (Phi) is 6.58. The molecule has 1 aromatic heterocycles. The van der Waals surface area contributed by atoms with E-state index in [1.807, 2.05) is 30.0 Å². The van der Waals surface area contributed by atoms with Crippen LogP contribution in [-0.4, -0.2) is 17.2 Å². The largest absolute Gasteiger partial charge is 0.485 e. The van der Waals surface area contributed by atoms with Crippen LogP contribution in [0.2, 0.25) is 0 Å². The molecule has 0 saturated heterocycles. The second kappa shape index (κ2) is 11.5. The van der Waals surface area contributed by atoms with E-state index in [1.165, 1.54) is 27.2 Å². The topological polar surface area (TPSA) is 58.8 Å². The van der Waals surface area contributed by atoms with Gasteiger partial charge in [-0.3, -0.25) is 5.32 Å². The lowest BCUT2D eigenvalue weighted by molar-refractivity contribution is 0.261. The molecule has 4 heterocycles. The Bertz CT molecular complexity index is 2540. The number of hydrogen-bond donors (Lipinski definition) is 2. The quantitative estimate of drug-likeness (QED) is 0.194. The second-order valence-corrected chi connectivity index (χ2v) is 15.0. The number of hydrogen-bond acceptors (Lipinski definition) is 6. The van der Waals surface area contributed by atoms with Crippen LogP contribution >= 0.6 is 11.8 Å². The van der Waals surface area contributed by atoms with Crippen LogP contribution in [0.1, 0.15) is 52.0 Å². The number of para-hydroxylation sites is 3. The van der Waals surface area contributed by atoms with Gasteiger partial charge in [-0.05, 0) is 46.5 Å². The number of rotatable bonds is 4. The van der Waals surface area contributed by atoms with Crippen molar-refractivity contribution in [2.24, 2.45) is 4.99 Å². The molecule has 3 aliphatic heterocycles. The average molecular weight is 680 g/mol. The fraction of sp³-hybridized carbons (Fsp3) is 0.133. The molecule has 0 fully saturated rings. The number of allylic oxidation sites excluding steroid dienone is 5. The zero-order valence-corrected chi connectivity index (χ0v) is 28.4. The first-order chi connectivity index (χ1) is 25.3. The lowest BCUT2D eigenvalue weighted by Crippen LogP contribution is -2.45. The fourth-order valence-electron chi connectivity index (χ4n) is 8.50. The number of nitrogens with one attached hydrogen (secondary N) is 2. The van der Waals surface area contributed by atoms with Crippen LogP contribution < -0.4 is 15.4 Å². The minimum atomic E-state index is -0.273. The van der Waals surface area contributed by atoms with E-state index in [2.05, 4.69) is 144 Å². The molecule has 51 heavy (non-hydrogen) atoms. The molecule has 0 bridgehead atoms. The van der Waals surface area contributed by atoms with Gasteiger partial charge >= 0.3 is 0 Å². The molecule has 6 atom stereocenters. The minimum Gasteiger partial charge on any atom is -0.485 e. The third-order valence-corrected chi connectivity index (χ3v) is 12.3. The van der Waals surface area contributed by atoms with E-state index in [0.29, 0.717) is 11.2 Å². The highest BCUT2D eigenvalue weighted by atomic mass is 32.2. The molecule has 6 aromatic rings. The zero-order chi connectivity index (χ0) is 33.5. The predicted molar refractivity (Wildman–Crippen MR) is 205 cm³/mol. The van der Waals surface area contributed by atoms with Crippen molar-refractivity contribution >= 4 is 39.5 Å². The Balaban J connectivity index is 0.963. The van der Waals surface area contributed by atoms with E-state index in [0.717, 1.165) is 50.2 Å². The summed E-state index contributed by atoms with van der Waals surface area (Å²) in [5, 5.41) is 10.1. The molecule has 11 rings (SSSR count). The van der Waals surface area contributed by atoms with Gasteiger partial charge in [-0.1, -0.05) is 127 Å². The number of aliphatic imine (C=N–C) groups is 1. The van der Waals surface area contributed by atoms with Crippen molar-refractivity contribution in [3.63, 3.8) is 0 Å². The van der Waals surface area contributed by atoms with Crippen molar-refractivity contribution in [1.29, 1.82) is 0 Å². The predicted octanol–water partition coefficient (Wildman–Crippen LogP) is 10.0. The van der Waals surface area contributed by atoms with Gasteiger partial charge in [0.2, 0.25) is 0 Å². The molecule has 5 aromatic carbocycles. The highest BCUT2D eigenvalue weighted by molar-refractivity contribution is 8.00. The van der Waals surface area contributed by atoms with Crippen molar-refractivity contribution < 1.29 is 9.15 Å². The van der Waals surface area contributed by atoms with Gasteiger partial charge in [0.25, 0.3) is 0 Å². The van der Waals surface area contributed by atoms with Crippen molar-refractivity contribution in [2.45, 2.75) is 40.4 Å². The summed E-state index contributed by atoms with van der Waals surface area (Å²) in [6.45, 7) is 0. The standard InChI is InChI=1S/C45H33N3O2S/c1-2-11-26(12-3-1)43-46-44(34-19-9-16-31-29-13-4-6-21-37(29)49-40(31)34)48-45(47-43)35-20-10-17-32-36-25-27(23-24-38(36)50-41(32)35)28-15-8-18-33-30-14-5-7-22-39(30)51-42(28)33/h1-25,33,36,38,42-43,45,47H,(H,46,48). The smallest absolute Gasteiger partial charge is 0.146 e. The number of thioether (sulfide) groups is 1. The summed E-state index contributed by atoms with van der Waals surface area (Å²) in [4.78, 5) is 6.64. The minimum absolute atomic E-state index is 0.0557. The van der Waals surface area contributed by atoms with Gasteiger partial charge in [0.05, 0.1) is 5.56 Å². The summed E-state index contributed by atoms with van der Waals surface area (Å²) >= 11 is 1.99. The number of fused-ring (bicyclic) bond motifs is 9. The van der Waals surface area contributed by atoms with E-state index in [1.54, 1.807) is 0 Å². The van der Waals surface area contributed by atoms with E-state index >= 15 is 0 Å². The molecule has 2 N–H and O–H groups in total. The Morgan fingerprint density at radius 2 is 1.51 bits per heavy atom. The van der Waals surface area contributed by atoms with Crippen molar-refractivity contribution in [3.8, 4) is 5.75 Å². The maximum atomic E-state index is 6.85. The highest BCUT2D eigenvalue weighted by Gasteiger charge is 2.40. The van der Waals surface area contributed by atoms with Crippen LogP contribution in [0.3, 0.4) is 0 Å². The number of nitrogens with zero attached hydrogens (tertiary/aromatic N) is 1. The SMILES string of the molecule is C1=CC2c3ccccc3SC2C(C2=CC3c4cccc(C5NC(c6cccc7c6oc6ccccc67)=NC(c6ccccc6)N5)c4OC3C=C2)=C1. The summed E-state index contributed by atoms with van der Waals surface area (Å²) in [5.41, 5.74) is 10.1. The van der Waals surface area contributed by atoms with Gasteiger partial charge in [0.1, 0.15) is 41.2 Å². The third-order valence-electron chi connectivity index (χ3n) is 10.9. The summed E-state index contributed by atoms with van der Waals surface area (Å²) in [6.07, 6.45) is 13.3. The summed E-state index contributed by atoms with van der Waals surface area (Å²) in [7, 11) is 0. The normalized spacial score (nSPS) is 25.6. The number of furan rings is 1. The molecule has 6 heteroatoms. The van der Waals surface area contributed by atoms with Crippen LogP contribution in [0, 0.1) is 0 Å². The van der Waals surface area contributed by atoms with Crippen LogP contribution in [0.4, 0.5) is 0 Å². The van der Waals surface area contributed by atoms with E-state index < -0.39 is 0 Å². The third kappa shape index (κ3) is 4.63. The molecule has 6 unspecified atom stereocenters. The van der Waals surface area contributed by atoms with Gasteiger partial charge < -0.3 is 14.5 Å². The summed E-state index contributed by atoms with van der Waals surface area (Å²) in [6, 6.07) is 40.4. The van der Waals surface area contributed by atoms with Gasteiger partial charge in [0, 0.05) is 43.9 Å². The maximum absolute atomic E-state index is 6.85. The van der Waals surface area contributed by atoms with Crippen molar-refractivity contribution in [1.82, 2.24) is 10.6 Å². The summed E-state index contributed by atoms with van der Waals surface area (Å²) < 4.78 is 13.3. The molecule has 2 aliphatic carbocycles. The van der Waals surface area contributed by atoms with Crippen LogP contribution in [0.25, 0.3) is 21.9 Å². The van der Waals surface area contributed by atoms with Gasteiger partial charge in [-0.25, -0.2) is 4.99 Å². The Morgan fingerprint density at radius 3 is 2.47 bits per heavy atom. The first-order valence-electron chi connectivity index (χ1n) is 17.7. The molecule has 246 valence electrons.